The molecule has 2 unspecified atom stereocenters. The van der Waals surface area contributed by atoms with Crippen LogP contribution in [0.25, 0.3) is 0 Å². The van der Waals surface area contributed by atoms with E-state index >= 15 is 0 Å². The molecule has 1 aliphatic rings. The van der Waals surface area contributed by atoms with E-state index in [-0.39, 0.29) is 18.0 Å². The average Bonchev–Trinajstić information content (AvgIpc) is 2.49. The zero-order valence-corrected chi connectivity index (χ0v) is 12.7. The number of hydrogen-bond acceptors (Lipinski definition) is 4. The van der Waals surface area contributed by atoms with Crippen molar-refractivity contribution in [1.82, 2.24) is 4.90 Å². The van der Waals surface area contributed by atoms with Gasteiger partial charge >= 0.3 is 0 Å². The summed E-state index contributed by atoms with van der Waals surface area (Å²) >= 11 is 0. The molecule has 0 saturated carbocycles. The number of hydrogen-bond donors (Lipinski definition) is 1. The molecule has 0 radical (unpaired) electrons. The van der Waals surface area contributed by atoms with Crippen LogP contribution in [-0.2, 0) is 9.53 Å². The van der Waals surface area contributed by atoms with Crippen LogP contribution in [-0.4, -0.2) is 43.7 Å². The van der Waals surface area contributed by atoms with Gasteiger partial charge in [-0.15, -0.1) is 0 Å². The first-order valence-corrected chi connectivity index (χ1v) is 7.44. The van der Waals surface area contributed by atoms with Crippen molar-refractivity contribution >= 4 is 5.91 Å². The number of benzene rings is 1. The minimum absolute atomic E-state index is 0.0823. The van der Waals surface area contributed by atoms with Gasteiger partial charge in [-0.05, 0) is 19.4 Å². The fourth-order valence-corrected chi connectivity index (χ4v) is 2.84. The monoisotopic (exact) mass is 292 g/mol. The number of rotatable bonds is 6. The lowest BCUT2D eigenvalue weighted by atomic mass is 9.90. The van der Waals surface area contributed by atoms with Crippen LogP contribution in [0, 0.1) is 0 Å². The van der Waals surface area contributed by atoms with Crippen LogP contribution in [0.5, 0.6) is 5.75 Å². The summed E-state index contributed by atoms with van der Waals surface area (Å²) in [5, 5.41) is 0. The minimum Gasteiger partial charge on any atom is -0.494 e. The molecular weight excluding hydrogens is 268 g/mol. The second kappa shape index (κ2) is 7.43. The second-order valence-corrected chi connectivity index (χ2v) is 5.20. The highest BCUT2D eigenvalue weighted by molar-refractivity contribution is 5.78. The predicted molar refractivity (Wildman–Crippen MR) is 81.2 cm³/mol. The molecule has 2 rings (SSSR count). The summed E-state index contributed by atoms with van der Waals surface area (Å²) in [7, 11) is 1.64. The van der Waals surface area contributed by atoms with Crippen molar-refractivity contribution in [3.63, 3.8) is 0 Å². The third kappa shape index (κ3) is 3.54. The Labute approximate surface area is 126 Å². The van der Waals surface area contributed by atoms with Gasteiger partial charge in [0.15, 0.2) is 0 Å². The number of ether oxygens (including phenoxy) is 2. The normalized spacial score (nSPS) is 22.4. The number of carbonyl (C=O) groups excluding carboxylic acids is 1. The van der Waals surface area contributed by atoms with Crippen LogP contribution < -0.4 is 10.5 Å². The summed E-state index contributed by atoms with van der Waals surface area (Å²) in [5.74, 6) is 0.933. The van der Waals surface area contributed by atoms with Crippen molar-refractivity contribution in [2.75, 3.05) is 26.9 Å². The molecule has 0 aliphatic carbocycles. The molecule has 116 valence electrons. The topological polar surface area (TPSA) is 64.8 Å². The zero-order valence-electron chi connectivity index (χ0n) is 12.7. The third-order valence-electron chi connectivity index (χ3n) is 3.83. The SMILES string of the molecule is CCOc1ccccc1C1C(N)CCC(=O)N1CCOC. The number of para-hydroxylation sites is 1. The summed E-state index contributed by atoms with van der Waals surface area (Å²) in [6.45, 7) is 3.59. The maximum atomic E-state index is 12.3. The Balaban J connectivity index is 2.33. The van der Waals surface area contributed by atoms with Gasteiger partial charge in [0, 0.05) is 31.7 Å². The molecule has 0 aromatic heterocycles. The van der Waals surface area contributed by atoms with Gasteiger partial charge in [0.2, 0.25) is 5.91 Å². The lowest BCUT2D eigenvalue weighted by Crippen LogP contribution is -2.49. The van der Waals surface area contributed by atoms with Crippen LogP contribution >= 0.6 is 0 Å². The van der Waals surface area contributed by atoms with Crippen molar-refractivity contribution in [2.24, 2.45) is 5.73 Å². The lowest BCUT2D eigenvalue weighted by Gasteiger charge is -2.40. The standard InChI is InChI=1S/C16H24N2O3/c1-3-21-14-7-5-4-6-12(14)16-13(17)8-9-15(19)18(16)10-11-20-2/h4-7,13,16H,3,8-11,17H2,1-2H3. The van der Waals surface area contributed by atoms with Gasteiger partial charge in [0.05, 0.1) is 19.3 Å². The van der Waals surface area contributed by atoms with E-state index in [1.54, 1.807) is 7.11 Å². The number of piperidine rings is 1. The molecule has 5 heteroatoms. The molecule has 2 N–H and O–H groups in total. The number of carbonyl (C=O) groups is 1. The summed E-state index contributed by atoms with van der Waals surface area (Å²) in [5.41, 5.74) is 7.29. The van der Waals surface area contributed by atoms with E-state index < -0.39 is 0 Å². The molecule has 1 aromatic rings. The molecule has 1 amide bonds. The van der Waals surface area contributed by atoms with Crippen molar-refractivity contribution in [3.05, 3.63) is 29.8 Å². The van der Waals surface area contributed by atoms with E-state index in [4.69, 9.17) is 15.2 Å². The van der Waals surface area contributed by atoms with E-state index in [0.717, 1.165) is 11.3 Å². The van der Waals surface area contributed by atoms with Crippen molar-refractivity contribution in [1.29, 1.82) is 0 Å². The molecule has 5 nitrogen and oxygen atoms in total. The Morgan fingerprint density at radius 1 is 1.38 bits per heavy atom. The maximum Gasteiger partial charge on any atom is 0.223 e. The molecule has 1 fully saturated rings. The third-order valence-corrected chi connectivity index (χ3v) is 3.83. The van der Waals surface area contributed by atoms with Crippen LogP contribution in [0.15, 0.2) is 24.3 Å². The van der Waals surface area contributed by atoms with Crippen LogP contribution in [0.1, 0.15) is 31.4 Å². The molecule has 1 aromatic carbocycles. The molecule has 1 saturated heterocycles. The smallest absolute Gasteiger partial charge is 0.223 e. The number of amides is 1. The summed E-state index contributed by atoms with van der Waals surface area (Å²) in [6, 6.07) is 7.58. The van der Waals surface area contributed by atoms with E-state index in [2.05, 4.69) is 0 Å². The maximum absolute atomic E-state index is 12.3. The minimum atomic E-state index is -0.149. The van der Waals surface area contributed by atoms with Crippen molar-refractivity contribution < 1.29 is 14.3 Å². The second-order valence-electron chi connectivity index (χ2n) is 5.20. The van der Waals surface area contributed by atoms with Crippen molar-refractivity contribution in [2.45, 2.75) is 31.8 Å². The highest BCUT2D eigenvalue weighted by atomic mass is 16.5. The van der Waals surface area contributed by atoms with Gasteiger partial charge in [-0.3, -0.25) is 4.79 Å². The van der Waals surface area contributed by atoms with E-state index in [0.29, 0.717) is 32.6 Å². The quantitative estimate of drug-likeness (QED) is 0.867. The van der Waals surface area contributed by atoms with Crippen molar-refractivity contribution in [3.8, 4) is 5.75 Å². The van der Waals surface area contributed by atoms with Gasteiger partial charge in [-0.25, -0.2) is 0 Å². The summed E-state index contributed by atoms with van der Waals surface area (Å²) in [4.78, 5) is 14.1. The molecule has 2 atom stereocenters. The van der Waals surface area contributed by atoms with Gasteiger partial charge in [-0.2, -0.15) is 0 Å². The fraction of sp³-hybridized carbons (Fsp3) is 0.562. The first kappa shape index (κ1) is 15.8. The van der Waals surface area contributed by atoms with E-state index in [1.807, 2.05) is 36.1 Å². The number of methoxy groups -OCH3 is 1. The highest BCUT2D eigenvalue weighted by Gasteiger charge is 2.36. The molecule has 0 bridgehead atoms. The first-order valence-electron chi connectivity index (χ1n) is 7.44. The largest absolute Gasteiger partial charge is 0.494 e. The molecule has 0 spiro atoms. The summed E-state index contributed by atoms with van der Waals surface area (Å²) < 4.78 is 10.8. The molecule has 21 heavy (non-hydrogen) atoms. The van der Waals surface area contributed by atoms with Gasteiger partial charge in [0.1, 0.15) is 5.75 Å². The number of nitrogens with zero attached hydrogens (tertiary/aromatic N) is 1. The first-order chi connectivity index (χ1) is 10.2. The highest BCUT2D eigenvalue weighted by Crippen LogP contribution is 2.35. The number of nitrogens with two attached hydrogens (primary N) is 1. The van der Waals surface area contributed by atoms with Gasteiger partial charge < -0.3 is 20.1 Å². The predicted octanol–water partition coefficient (Wildman–Crippen LogP) is 1.72. The Hall–Kier alpha value is -1.59. The van der Waals surface area contributed by atoms with Crippen LogP contribution in [0.3, 0.4) is 0 Å². The Morgan fingerprint density at radius 3 is 2.86 bits per heavy atom. The fourth-order valence-electron chi connectivity index (χ4n) is 2.84. The Bertz CT molecular complexity index is 478. The van der Waals surface area contributed by atoms with Crippen LogP contribution in [0.4, 0.5) is 0 Å². The average molecular weight is 292 g/mol. The van der Waals surface area contributed by atoms with E-state index in [1.165, 1.54) is 0 Å². The zero-order chi connectivity index (χ0) is 15.2. The van der Waals surface area contributed by atoms with Gasteiger partial charge in [0.25, 0.3) is 0 Å². The van der Waals surface area contributed by atoms with Crippen LogP contribution in [0.2, 0.25) is 0 Å². The van der Waals surface area contributed by atoms with E-state index in [9.17, 15) is 4.79 Å². The Kier molecular flexibility index (Phi) is 5.59. The molecular formula is C16H24N2O3. The lowest BCUT2D eigenvalue weighted by molar-refractivity contribution is -0.138. The van der Waals surface area contributed by atoms with Gasteiger partial charge in [-0.1, -0.05) is 18.2 Å². The molecule has 1 heterocycles. The Morgan fingerprint density at radius 2 is 2.14 bits per heavy atom. The summed E-state index contributed by atoms with van der Waals surface area (Å²) in [6.07, 6.45) is 1.20. The molecule has 1 aliphatic heterocycles. The number of likely N-dealkylation sites (tertiary alicyclic amines) is 1.